The molecule has 1 fully saturated rings. The fourth-order valence-corrected chi connectivity index (χ4v) is 3.26. The fourth-order valence-electron chi connectivity index (χ4n) is 2.53. The van der Waals surface area contributed by atoms with Gasteiger partial charge in [-0.25, -0.2) is 0 Å². The highest BCUT2D eigenvalue weighted by molar-refractivity contribution is 7.17. The summed E-state index contributed by atoms with van der Waals surface area (Å²) >= 11 is 1.31. The Morgan fingerprint density at radius 2 is 2.16 bits per heavy atom. The van der Waals surface area contributed by atoms with Gasteiger partial charge in [0.1, 0.15) is 0 Å². The molecule has 0 saturated heterocycles. The molecule has 2 rings (SSSR count). The zero-order valence-corrected chi connectivity index (χ0v) is 12.4. The molecular weight excluding hydrogens is 260 g/mol. The number of nitrogens with one attached hydrogen (secondary N) is 2. The first-order valence-electron chi connectivity index (χ1n) is 7.06. The fraction of sp³-hybridized carbons (Fsp3) is 0.769. The molecule has 1 aliphatic carbocycles. The predicted octanol–water partition coefficient (Wildman–Crippen LogP) is 2.53. The Morgan fingerprint density at radius 1 is 1.37 bits per heavy atom. The molecule has 0 radical (unpaired) electrons. The minimum atomic E-state index is -0.0978. The van der Waals surface area contributed by atoms with Gasteiger partial charge in [-0.3, -0.25) is 4.79 Å². The molecule has 1 saturated carbocycles. The van der Waals surface area contributed by atoms with Crippen LogP contribution in [-0.4, -0.2) is 29.2 Å². The molecule has 2 N–H and O–H groups in total. The van der Waals surface area contributed by atoms with Crippen molar-refractivity contribution in [3.63, 3.8) is 0 Å². The number of anilines is 1. The van der Waals surface area contributed by atoms with E-state index in [0.29, 0.717) is 22.0 Å². The van der Waals surface area contributed by atoms with Gasteiger partial charge in [0.05, 0.1) is 0 Å². The van der Waals surface area contributed by atoms with Crippen LogP contribution in [0.3, 0.4) is 0 Å². The zero-order chi connectivity index (χ0) is 13.7. The SMILES string of the molecule is CCNc1nnc(C(=O)NCC2CCCCC2C)s1. The molecule has 2 unspecified atom stereocenters. The van der Waals surface area contributed by atoms with Crippen LogP contribution in [0.4, 0.5) is 5.13 Å². The van der Waals surface area contributed by atoms with Crippen LogP contribution >= 0.6 is 11.3 Å². The molecule has 0 aromatic carbocycles. The third kappa shape index (κ3) is 3.89. The van der Waals surface area contributed by atoms with E-state index in [2.05, 4.69) is 27.8 Å². The zero-order valence-electron chi connectivity index (χ0n) is 11.6. The normalized spacial score (nSPS) is 23.1. The molecule has 0 bridgehead atoms. The van der Waals surface area contributed by atoms with Gasteiger partial charge in [-0.15, -0.1) is 10.2 Å². The number of carbonyl (C=O) groups is 1. The second kappa shape index (κ2) is 6.84. The standard InChI is InChI=1S/C13H22N4OS/c1-3-14-13-17-16-12(19-13)11(18)15-8-10-7-5-4-6-9(10)2/h9-10H,3-8H2,1-2H3,(H,14,17)(H,15,18). The van der Waals surface area contributed by atoms with Crippen molar-refractivity contribution in [2.45, 2.75) is 39.5 Å². The van der Waals surface area contributed by atoms with Crippen molar-refractivity contribution in [1.82, 2.24) is 15.5 Å². The van der Waals surface area contributed by atoms with E-state index in [1.54, 1.807) is 0 Å². The lowest BCUT2D eigenvalue weighted by atomic mass is 9.80. The smallest absolute Gasteiger partial charge is 0.282 e. The highest BCUT2D eigenvalue weighted by Gasteiger charge is 2.22. The summed E-state index contributed by atoms with van der Waals surface area (Å²) in [5.74, 6) is 1.22. The van der Waals surface area contributed by atoms with Crippen molar-refractivity contribution in [2.75, 3.05) is 18.4 Å². The summed E-state index contributed by atoms with van der Waals surface area (Å²) in [5.41, 5.74) is 0. The highest BCUT2D eigenvalue weighted by atomic mass is 32.1. The lowest BCUT2D eigenvalue weighted by Crippen LogP contribution is -2.33. The lowest BCUT2D eigenvalue weighted by Gasteiger charge is -2.28. The molecule has 0 spiro atoms. The number of rotatable bonds is 5. The summed E-state index contributed by atoms with van der Waals surface area (Å²) in [5, 5.41) is 15.1. The summed E-state index contributed by atoms with van der Waals surface area (Å²) in [6.07, 6.45) is 5.12. The van der Waals surface area contributed by atoms with E-state index in [1.165, 1.54) is 37.0 Å². The first-order chi connectivity index (χ1) is 9.20. The Labute approximate surface area is 118 Å². The lowest BCUT2D eigenvalue weighted by molar-refractivity contribution is 0.0935. The van der Waals surface area contributed by atoms with E-state index in [4.69, 9.17) is 0 Å². The van der Waals surface area contributed by atoms with Crippen molar-refractivity contribution in [3.05, 3.63) is 5.01 Å². The molecular formula is C13H22N4OS. The topological polar surface area (TPSA) is 66.9 Å². The van der Waals surface area contributed by atoms with Crippen molar-refractivity contribution >= 4 is 22.4 Å². The number of amides is 1. The van der Waals surface area contributed by atoms with Crippen LogP contribution in [-0.2, 0) is 0 Å². The Kier molecular flexibility index (Phi) is 5.13. The van der Waals surface area contributed by atoms with E-state index in [9.17, 15) is 4.79 Å². The second-order valence-corrected chi connectivity index (χ2v) is 6.15. The summed E-state index contributed by atoms with van der Waals surface area (Å²) in [7, 11) is 0. The van der Waals surface area contributed by atoms with Gasteiger partial charge >= 0.3 is 0 Å². The number of hydrogen-bond donors (Lipinski definition) is 2. The molecule has 1 aromatic heterocycles. The molecule has 1 amide bonds. The summed E-state index contributed by atoms with van der Waals surface area (Å²) in [6.45, 7) is 5.82. The molecule has 1 heterocycles. The van der Waals surface area contributed by atoms with Gasteiger partial charge in [0, 0.05) is 13.1 Å². The number of hydrogen-bond acceptors (Lipinski definition) is 5. The monoisotopic (exact) mass is 282 g/mol. The van der Waals surface area contributed by atoms with E-state index >= 15 is 0 Å². The van der Waals surface area contributed by atoms with Crippen LogP contribution in [0.2, 0.25) is 0 Å². The largest absolute Gasteiger partial charge is 0.360 e. The van der Waals surface area contributed by atoms with Gasteiger partial charge in [0.25, 0.3) is 5.91 Å². The van der Waals surface area contributed by atoms with Crippen molar-refractivity contribution < 1.29 is 4.79 Å². The summed E-state index contributed by atoms with van der Waals surface area (Å²) in [6, 6.07) is 0. The number of nitrogens with zero attached hydrogens (tertiary/aromatic N) is 2. The third-order valence-corrected chi connectivity index (χ3v) is 4.64. The van der Waals surface area contributed by atoms with Crippen molar-refractivity contribution in [2.24, 2.45) is 11.8 Å². The third-order valence-electron chi connectivity index (χ3n) is 3.76. The highest BCUT2D eigenvalue weighted by Crippen LogP contribution is 2.28. The molecule has 2 atom stereocenters. The van der Waals surface area contributed by atoms with Gasteiger partial charge in [-0.1, -0.05) is 37.5 Å². The van der Waals surface area contributed by atoms with Gasteiger partial charge < -0.3 is 10.6 Å². The average molecular weight is 282 g/mol. The van der Waals surface area contributed by atoms with Crippen LogP contribution in [0.25, 0.3) is 0 Å². The van der Waals surface area contributed by atoms with Crippen LogP contribution < -0.4 is 10.6 Å². The number of carbonyl (C=O) groups excluding carboxylic acids is 1. The Balaban J connectivity index is 1.82. The van der Waals surface area contributed by atoms with Gasteiger partial charge in [-0.2, -0.15) is 0 Å². The molecule has 1 aromatic rings. The maximum absolute atomic E-state index is 12.0. The first-order valence-corrected chi connectivity index (χ1v) is 7.88. The van der Waals surface area contributed by atoms with Gasteiger partial charge in [0.2, 0.25) is 10.1 Å². The quantitative estimate of drug-likeness (QED) is 0.871. The maximum atomic E-state index is 12.0. The number of aromatic nitrogens is 2. The first kappa shape index (κ1) is 14.2. The molecule has 6 heteroatoms. The Morgan fingerprint density at radius 3 is 2.89 bits per heavy atom. The molecule has 1 aliphatic rings. The average Bonchev–Trinajstić information content (AvgIpc) is 2.87. The van der Waals surface area contributed by atoms with E-state index in [0.717, 1.165) is 13.1 Å². The van der Waals surface area contributed by atoms with Crippen LogP contribution in [0.1, 0.15) is 49.3 Å². The Bertz CT molecular complexity index is 421. The van der Waals surface area contributed by atoms with E-state index in [1.807, 2.05) is 6.92 Å². The second-order valence-electron chi connectivity index (χ2n) is 5.17. The molecule has 106 valence electrons. The summed E-state index contributed by atoms with van der Waals surface area (Å²) in [4.78, 5) is 12.0. The minimum Gasteiger partial charge on any atom is -0.360 e. The maximum Gasteiger partial charge on any atom is 0.282 e. The molecule has 0 aliphatic heterocycles. The predicted molar refractivity (Wildman–Crippen MR) is 77.5 cm³/mol. The van der Waals surface area contributed by atoms with Crippen molar-refractivity contribution in [1.29, 1.82) is 0 Å². The Hall–Kier alpha value is -1.17. The summed E-state index contributed by atoms with van der Waals surface area (Å²) < 4.78 is 0. The molecule has 19 heavy (non-hydrogen) atoms. The molecule has 5 nitrogen and oxygen atoms in total. The van der Waals surface area contributed by atoms with E-state index in [-0.39, 0.29) is 5.91 Å². The van der Waals surface area contributed by atoms with Gasteiger partial charge in [-0.05, 0) is 25.2 Å². The van der Waals surface area contributed by atoms with Crippen LogP contribution in [0.5, 0.6) is 0 Å². The minimum absolute atomic E-state index is 0.0978. The van der Waals surface area contributed by atoms with Crippen LogP contribution in [0, 0.1) is 11.8 Å². The van der Waals surface area contributed by atoms with Gasteiger partial charge in [0.15, 0.2) is 0 Å². The van der Waals surface area contributed by atoms with E-state index < -0.39 is 0 Å². The van der Waals surface area contributed by atoms with Crippen LogP contribution in [0.15, 0.2) is 0 Å². The van der Waals surface area contributed by atoms with Crippen molar-refractivity contribution in [3.8, 4) is 0 Å².